The Labute approximate surface area is 132 Å². The number of aryl methyl sites for hydroxylation is 1. The zero-order valence-corrected chi connectivity index (χ0v) is 14.4. The van der Waals surface area contributed by atoms with E-state index in [9.17, 15) is 13.2 Å². The maximum Gasteiger partial charge on any atom is 0.302 e. The fourth-order valence-corrected chi connectivity index (χ4v) is 3.08. The first-order chi connectivity index (χ1) is 10.2. The lowest BCUT2D eigenvalue weighted by molar-refractivity contribution is -0.142. The molecular formula is C16H24O5S. The van der Waals surface area contributed by atoms with Crippen molar-refractivity contribution >= 4 is 16.1 Å². The quantitative estimate of drug-likeness (QED) is 0.542. The summed E-state index contributed by atoms with van der Waals surface area (Å²) in [6.45, 7) is 7.57. The van der Waals surface area contributed by atoms with E-state index < -0.39 is 10.1 Å². The molecule has 0 radical (unpaired) electrons. The van der Waals surface area contributed by atoms with Crippen molar-refractivity contribution in [2.75, 3.05) is 13.2 Å². The van der Waals surface area contributed by atoms with Crippen molar-refractivity contribution in [2.45, 2.75) is 39.0 Å². The Kier molecular flexibility index (Phi) is 7.03. The highest BCUT2D eigenvalue weighted by Gasteiger charge is 2.18. The largest absolute Gasteiger partial charge is 0.466 e. The number of rotatable bonds is 8. The number of carbonyl (C=O) groups is 1. The van der Waals surface area contributed by atoms with Crippen molar-refractivity contribution in [1.29, 1.82) is 0 Å². The number of esters is 1. The molecule has 0 saturated carbocycles. The second-order valence-electron chi connectivity index (χ2n) is 5.80. The molecule has 0 heterocycles. The molecule has 1 aromatic rings. The van der Waals surface area contributed by atoms with E-state index in [0.29, 0.717) is 6.61 Å². The summed E-state index contributed by atoms with van der Waals surface area (Å²) in [5.41, 5.74) is 0.992. The molecule has 1 aromatic carbocycles. The number of hydrogen-bond acceptors (Lipinski definition) is 5. The van der Waals surface area contributed by atoms with Crippen LogP contribution in [0.25, 0.3) is 0 Å². The lowest BCUT2D eigenvalue weighted by atomic mass is 9.99. The monoisotopic (exact) mass is 328 g/mol. The molecule has 0 N–H and O–H groups in total. The van der Waals surface area contributed by atoms with Gasteiger partial charge in [-0.3, -0.25) is 8.98 Å². The Bertz CT molecular complexity index is 577. The minimum atomic E-state index is -3.72. The fourth-order valence-electron chi connectivity index (χ4n) is 2.06. The molecule has 0 spiro atoms. The lowest BCUT2D eigenvalue weighted by Crippen LogP contribution is -2.17. The van der Waals surface area contributed by atoms with Crippen LogP contribution in [0.1, 0.15) is 32.8 Å². The summed E-state index contributed by atoms with van der Waals surface area (Å²) in [7, 11) is -3.72. The average Bonchev–Trinajstić information content (AvgIpc) is 2.43. The average molecular weight is 328 g/mol. The SMILES string of the molecule is CC(=O)OCC(C)CC(C)COS(=O)(=O)c1ccc(C)cc1. The van der Waals surface area contributed by atoms with Gasteiger partial charge in [-0.1, -0.05) is 31.5 Å². The van der Waals surface area contributed by atoms with Crippen molar-refractivity contribution in [3.05, 3.63) is 29.8 Å². The molecule has 0 fully saturated rings. The van der Waals surface area contributed by atoms with Gasteiger partial charge in [0.2, 0.25) is 0 Å². The first-order valence-electron chi connectivity index (χ1n) is 7.30. The van der Waals surface area contributed by atoms with Gasteiger partial charge in [-0.05, 0) is 37.3 Å². The summed E-state index contributed by atoms with van der Waals surface area (Å²) in [5.74, 6) is -0.104. The van der Waals surface area contributed by atoms with E-state index in [1.807, 2.05) is 20.8 Å². The molecule has 5 nitrogen and oxygen atoms in total. The van der Waals surface area contributed by atoms with Crippen molar-refractivity contribution in [3.8, 4) is 0 Å². The van der Waals surface area contributed by atoms with Crippen molar-refractivity contribution in [1.82, 2.24) is 0 Å². The summed E-state index contributed by atoms with van der Waals surface area (Å²) in [4.78, 5) is 10.9. The van der Waals surface area contributed by atoms with Gasteiger partial charge in [0, 0.05) is 6.92 Å². The Morgan fingerprint density at radius 2 is 1.64 bits per heavy atom. The van der Waals surface area contributed by atoms with Crippen LogP contribution in [0, 0.1) is 18.8 Å². The Hall–Kier alpha value is -1.40. The van der Waals surface area contributed by atoms with Gasteiger partial charge < -0.3 is 4.74 Å². The Balaban J connectivity index is 2.47. The lowest BCUT2D eigenvalue weighted by Gasteiger charge is -2.17. The number of carbonyl (C=O) groups excluding carboxylic acids is 1. The molecule has 0 aliphatic rings. The van der Waals surface area contributed by atoms with Gasteiger partial charge in [-0.15, -0.1) is 0 Å². The Morgan fingerprint density at radius 1 is 1.09 bits per heavy atom. The van der Waals surface area contributed by atoms with E-state index in [0.717, 1.165) is 12.0 Å². The van der Waals surface area contributed by atoms with Crippen LogP contribution in [-0.4, -0.2) is 27.6 Å². The second-order valence-corrected chi connectivity index (χ2v) is 7.42. The number of benzene rings is 1. The van der Waals surface area contributed by atoms with Crippen LogP contribution in [0.5, 0.6) is 0 Å². The van der Waals surface area contributed by atoms with Crippen molar-refractivity contribution < 1.29 is 22.1 Å². The van der Waals surface area contributed by atoms with Gasteiger partial charge in [-0.2, -0.15) is 8.42 Å². The predicted octanol–water partition coefficient (Wildman–Crippen LogP) is 2.93. The molecule has 124 valence electrons. The second kappa shape index (κ2) is 8.29. The molecule has 2 unspecified atom stereocenters. The number of hydrogen-bond donors (Lipinski definition) is 0. The van der Waals surface area contributed by atoms with E-state index >= 15 is 0 Å². The molecule has 1 rings (SSSR count). The van der Waals surface area contributed by atoms with Gasteiger partial charge in [0.15, 0.2) is 0 Å². The molecule has 0 saturated heterocycles. The van der Waals surface area contributed by atoms with Gasteiger partial charge in [0.05, 0.1) is 18.1 Å². The molecule has 0 aliphatic heterocycles. The maximum atomic E-state index is 12.1. The molecule has 2 atom stereocenters. The van der Waals surface area contributed by atoms with E-state index in [2.05, 4.69) is 0 Å². The zero-order valence-electron chi connectivity index (χ0n) is 13.5. The molecule has 22 heavy (non-hydrogen) atoms. The standard InChI is InChI=1S/C16H24O5S/c1-12-5-7-16(8-6-12)22(18,19)21-11-14(3)9-13(2)10-20-15(4)17/h5-8,13-14H,9-11H2,1-4H3. The van der Waals surface area contributed by atoms with Crippen LogP contribution in [0.3, 0.4) is 0 Å². The molecule has 0 bridgehead atoms. The summed E-state index contributed by atoms with van der Waals surface area (Å²) in [5, 5.41) is 0. The van der Waals surface area contributed by atoms with Crippen LogP contribution < -0.4 is 0 Å². The van der Waals surface area contributed by atoms with Crippen molar-refractivity contribution in [2.24, 2.45) is 11.8 Å². The van der Waals surface area contributed by atoms with Crippen LogP contribution in [0.2, 0.25) is 0 Å². The van der Waals surface area contributed by atoms with E-state index in [1.54, 1.807) is 24.3 Å². The third-order valence-corrected chi connectivity index (χ3v) is 4.49. The topological polar surface area (TPSA) is 69.7 Å². The van der Waals surface area contributed by atoms with Gasteiger partial charge in [-0.25, -0.2) is 0 Å². The van der Waals surface area contributed by atoms with E-state index in [-0.39, 0.29) is 29.3 Å². The molecule has 0 aromatic heterocycles. The molecule has 0 aliphatic carbocycles. The summed E-state index contributed by atoms with van der Waals surface area (Å²) in [6, 6.07) is 6.55. The summed E-state index contributed by atoms with van der Waals surface area (Å²) >= 11 is 0. The smallest absolute Gasteiger partial charge is 0.302 e. The highest BCUT2D eigenvalue weighted by molar-refractivity contribution is 7.86. The van der Waals surface area contributed by atoms with Gasteiger partial charge in [0.1, 0.15) is 0 Å². The Morgan fingerprint density at radius 3 is 2.18 bits per heavy atom. The van der Waals surface area contributed by atoms with Crippen LogP contribution in [-0.2, 0) is 23.8 Å². The zero-order chi connectivity index (χ0) is 16.8. The predicted molar refractivity (Wildman–Crippen MR) is 83.9 cm³/mol. The van der Waals surface area contributed by atoms with E-state index in [1.165, 1.54) is 6.92 Å². The third-order valence-electron chi connectivity index (χ3n) is 3.19. The summed E-state index contributed by atoms with van der Waals surface area (Å²) in [6.07, 6.45) is 0.719. The fraction of sp³-hybridized carbons (Fsp3) is 0.562. The molecule has 6 heteroatoms. The molecule has 0 amide bonds. The third kappa shape index (κ3) is 6.58. The maximum absolute atomic E-state index is 12.1. The van der Waals surface area contributed by atoms with Gasteiger partial charge >= 0.3 is 5.97 Å². The minimum Gasteiger partial charge on any atom is -0.466 e. The van der Waals surface area contributed by atoms with Crippen LogP contribution in [0.15, 0.2) is 29.2 Å². The van der Waals surface area contributed by atoms with E-state index in [4.69, 9.17) is 8.92 Å². The molecular weight excluding hydrogens is 304 g/mol. The first-order valence-corrected chi connectivity index (χ1v) is 8.71. The van der Waals surface area contributed by atoms with Crippen LogP contribution in [0.4, 0.5) is 0 Å². The number of ether oxygens (including phenoxy) is 1. The van der Waals surface area contributed by atoms with Crippen molar-refractivity contribution in [3.63, 3.8) is 0 Å². The summed E-state index contributed by atoms with van der Waals surface area (Å²) < 4.78 is 34.2. The minimum absolute atomic E-state index is 0.0470. The highest BCUT2D eigenvalue weighted by Crippen LogP contribution is 2.17. The van der Waals surface area contributed by atoms with Gasteiger partial charge in [0.25, 0.3) is 10.1 Å². The van der Waals surface area contributed by atoms with Crippen LogP contribution >= 0.6 is 0 Å². The first kappa shape index (κ1) is 18.6. The highest BCUT2D eigenvalue weighted by atomic mass is 32.2. The normalized spacial score (nSPS) is 14.4.